The molecular weight excluding hydrogens is 517 g/mol. The lowest BCUT2D eigenvalue weighted by Crippen LogP contribution is -2.19. The first-order valence-corrected chi connectivity index (χ1v) is 12.7. The Hall–Kier alpha value is -3.82. The van der Waals surface area contributed by atoms with Crippen LogP contribution in [-0.4, -0.2) is 20.7 Å². The third-order valence-electron chi connectivity index (χ3n) is 7.08. The van der Waals surface area contributed by atoms with E-state index in [1.807, 2.05) is 31.2 Å². The van der Waals surface area contributed by atoms with E-state index in [1.165, 1.54) is 23.1 Å². The molecule has 1 atom stereocenters. The maximum atomic E-state index is 14.0. The van der Waals surface area contributed by atoms with Gasteiger partial charge in [-0.3, -0.25) is 9.48 Å². The number of nitrogens with zero attached hydrogens (tertiary/aromatic N) is 3. The lowest BCUT2D eigenvalue weighted by molar-refractivity contribution is -0.142. The van der Waals surface area contributed by atoms with Crippen LogP contribution in [0, 0.1) is 18.6 Å². The summed E-state index contributed by atoms with van der Waals surface area (Å²) < 4.78 is 75.2. The van der Waals surface area contributed by atoms with Gasteiger partial charge in [-0.2, -0.15) is 18.3 Å². The molecule has 0 aliphatic heterocycles. The molecule has 0 fully saturated rings. The second-order valence-electron chi connectivity index (χ2n) is 10.0. The van der Waals surface area contributed by atoms with Crippen molar-refractivity contribution in [1.82, 2.24) is 14.9 Å². The third kappa shape index (κ3) is 5.94. The first kappa shape index (κ1) is 26.8. The number of carbonyl (C=O) groups excluding carboxylic acids is 1. The number of ketones is 1. The van der Waals surface area contributed by atoms with Gasteiger partial charge >= 0.3 is 6.18 Å². The van der Waals surface area contributed by atoms with E-state index in [0.29, 0.717) is 35.4 Å². The Morgan fingerprint density at radius 2 is 1.74 bits per heavy atom. The van der Waals surface area contributed by atoms with Crippen molar-refractivity contribution in [3.63, 3.8) is 0 Å². The van der Waals surface area contributed by atoms with Gasteiger partial charge in [-0.15, -0.1) is 0 Å². The number of aromatic nitrogens is 3. The van der Waals surface area contributed by atoms with Gasteiger partial charge in [-0.25, -0.2) is 8.78 Å². The molecule has 1 aliphatic carbocycles. The molecule has 0 unspecified atom stereocenters. The number of fused-ring (bicyclic) bond motifs is 1. The molecular formula is C29H26F5N3O2. The highest BCUT2D eigenvalue weighted by atomic mass is 19.4. The molecule has 2 aromatic heterocycles. The Kier molecular flexibility index (Phi) is 7.38. The molecule has 2 heterocycles. The second kappa shape index (κ2) is 10.7. The molecule has 0 spiro atoms. The van der Waals surface area contributed by atoms with Gasteiger partial charge in [0.1, 0.15) is 17.9 Å². The van der Waals surface area contributed by atoms with E-state index in [1.54, 1.807) is 0 Å². The molecule has 0 bridgehead atoms. The molecule has 39 heavy (non-hydrogen) atoms. The smallest absolute Gasteiger partial charge is 0.364 e. The minimum atomic E-state index is -4.61. The molecule has 204 valence electrons. The Balaban J connectivity index is 1.46. The van der Waals surface area contributed by atoms with Crippen LogP contribution in [0.5, 0.6) is 0 Å². The summed E-state index contributed by atoms with van der Waals surface area (Å²) in [6.07, 6.45) is -1.20. The van der Waals surface area contributed by atoms with Gasteiger partial charge in [0.25, 0.3) is 0 Å². The van der Waals surface area contributed by atoms with Gasteiger partial charge in [-0.05, 0) is 62.3 Å². The lowest BCUT2D eigenvalue weighted by atomic mass is 9.87. The summed E-state index contributed by atoms with van der Waals surface area (Å²) in [5.41, 5.74) is 2.86. The summed E-state index contributed by atoms with van der Waals surface area (Å²) in [7, 11) is 0. The van der Waals surface area contributed by atoms with Gasteiger partial charge in [-0.1, -0.05) is 35.0 Å². The van der Waals surface area contributed by atoms with Crippen molar-refractivity contribution in [3.8, 4) is 11.1 Å². The van der Waals surface area contributed by atoms with Crippen LogP contribution in [0.25, 0.3) is 11.1 Å². The van der Waals surface area contributed by atoms with Crippen LogP contribution >= 0.6 is 0 Å². The van der Waals surface area contributed by atoms with Crippen molar-refractivity contribution in [2.75, 3.05) is 0 Å². The van der Waals surface area contributed by atoms with Crippen LogP contribution in [0.2, 0.25) is 0 Å². The summed E-state index contributed by atoms with van der Waals surface area (Å²) in [4.78, 5) is 13.3. The highest BCUT2D eigenvalue weighted by Crippen LogP contribution is 2.37. The quantitative estimate of drug-likeness (QED) is 0.224. The topological polar surface area (TPSA) is 60.9 Å². The van der Waals surface area contributed by atoms with Crippen molar-refractivity contribution in [3.05, 3.63) is 94.1 Å². The Labute approximate surface area is 221 Å². The predicted molar refractivity (Wildman–Crippen MR) is 133 cm³/mol. The minimum Gasteiger partial charge on any atom is -0.364 e. The molecule has 10 heteroatoms. The number of hydrogen-bond donors (Lipinski definition) is 0. The normalized spacial score (nSPS) is 14.3. The molecule has 2 aromatic carbocycles. The summed E-state index contributed by atoms with van der Waals surface area (Å²) in [5, 5.41) is 7.93. The van der Waals surface area contributed by atoms with E-state index in [2.05, 4.69) is 10.3 Å². The molecule has 0 amide bonds. The third-order valence-corrected chi connectivity index (χ3v) is 7.08. The number of halogens is 5. The molecule has 5 rings (SSSR count). The van der Waals surface area contributed by atoms with Gasteiger partial charge in [0.05, 0.1) is 12.2 Å². The number of hydrogen-bond acceptors (Lipinski definition) is 4. The van der Waals surface area contributed by atoms with Crippen molar-refractivity contribution >= 4 is 5.78 Å². The van der Waals surface area contributed by atoms with Crippen molar-refractivity contribution < 1.29 is 31.3 Å². The number of carbonyl (C=O) groups is 1. The largest absolute Gasteiger partial charge is 0.435 e. The van der Waals surface area contributed by atoms with Crippen LogP contribution in [0.3, 0.4) is 0 Å². The zero-order valence-corrected chi connectivity index (χ0v) is 21.2. The van der Waals surface area contributed by atoms with Crippen LogP contribution in [-0.2, 0) is 36.8 Å². The molecule has 4 aromatic rings. The first-order chi connectivity index (χ1) is 18.6. The fourth-order valence-electron chi connectivity index (χ4n) is 5.30. The van der Waals surface area contributed by atoms with Crippen LogP contribution in [0.1, 0.15) is 59.0 Å². The van der Waals surface area contributed by atoms with Crippen LogP contribution in [0.4, 0.5) is 22.0 Å². The van der Waals surface area contributed by atoms with Crippen molar-refractivity contribution in [2.24, 2.45) is 0 Å². The maximum absolute atomic E-state index is 14.0. The van der Waals surface area contributed by atoms with E-state index in [-0.39, 0.29) is 37.2 Å². The first-order valence-electron chi connectivity index (χ1n) is 12.7. The molecule has 5 nitrogen and oxygen atoms in total. The molecule has 0 N–H and O–H groups in total. The SMILES string of the molecule is Cc1ccc(-c2conc2[C@@H](CC(=O)Cn2nc(C(F)(F)F)c3c2CCCC3)Cc2cc(F)cc(F)c2)cc1. The number of alkyl halides is 3. The number of rotatable bonds is 8. The summed E-state index contributed by atoms with van der Waals surface area (Å²) in [6, 6.07) is 10.7. The highest BCUT2D eigenvalue weighted by Gasteiger charge is 2.39. The average Bonchev–Trinajstić information content (AvgIpc) is 3.49. The molecule has 0 saturated carbocycles. The van der Waals surface area contributed by atoms with E-state index in [0.717, 1.165) is 23.6 Å². The van der Waals surface area contributed by atoms with E-state index < -0.39 is 29.4 Å². The molecule has 1 aliphatic rings. The predicted octanol–water partition coefficient (Wildman–Crippen LogP) is 7.01. The van der Waals surface area contributed by atoms with Crippen molar-refractivity contribution in [2.45, 2.75) is 64.1 Å². The Bertz CT molecular complexity index is 1470. The molecule has 0 saturated heterocycles. The fourth-order valence-corrected chi connectivity index (χ4v) is 5.30. The van der Waals surface area contributed by atoms with E-state index in [9.17, 15) is 26.7 Å². The Morgan fingerprint density at radius 1 is 1.05 bits per heavy atom. The van der Waals surface area contributed by atoms with Crippen molar-refractivity contribution in [1.29, 1.82) is 0 Å². The summed E-state index contributed by atoms with van der Waals surface area (Å²) in [5.74, 6) is -2.53. The number of aryl methyl sites for hydroxylation is 1. The van der Waals surface area contributed by atoms with Gasteiger partial charge < -0.3 is 4.52 Å². The summed E-state index contributed by atoms with van der Waals surface area (Å²) in [6.45, 7) is 1.60. The molecule has 0 radical (unpaired) electrons. The van der Waals surface area contributed by atoms with E-state index >= 15 is 0 Å². The van der Waals surface area contributed by atoms with Gasteiger partial charge in [0.15, 0.2) is 11.5 Å². The Morgan fingerprint density at radius 3 is 2.44 bits per heavy atom. The zero-order chi connectivity index (χ0) is 27.7. The average molecular weight is 544 g/mol. The summed E-state index contributed by atoms with van der Waals surface area (Å²) >= 11 is 0. The second-order valence-corrected chi connectivity index (χ2v) is 10.0. The minimum absolute atomic E-state index is 0.0663. The fraction of sp³-hybridized carbons (Fsp3) is 0.345. The van der Waals surface area contributed by atoms with E-state index in [4.69, 9.17) is 4.52 Å². The maximum Gasteiger partial charge on any atom is 0.435 e. The number of Topliss-reactive ketones (excluding diaryl/α,β-unsaturated/α-hetero) is 1. The van der Waals surface area contributed by atoms with Crippen LogP contribution in [0.15, 0.2) is 53.3 Å². The standard InChI is InChI=1S/C29H26F5N3O2/c1-17-6-8-19(9-7-17)25-16-39-36-27(25)20(10-18-11-21(30)14-22(31)12-18)13-23(38)15-37-26-5-3-2-4-24(26)28(35-37)29(32,33)34/h6-9,11-12,14,16,20H,2-5,10,13,15H2,1H3/t20-/m1/s1. The van der Waals surface area contributed by atoms with Crippen LogP contribution < -0.4 is 0 Å². The zero-order valence-electron chi connectivity index (χ0n) is 21.2. The van der Waals surface area contributed by atoms with Gasteiger partial charge in [0.2, 0.25) is 0 Å². The lowest BCUT2D eigenvalue weighted by Gasteiger charge is -2.17. The monoisotopic (exact) mass is 543 g/mol. The number of benzene rings is 2. The highest BCUT2D eigenvalue weighted by molar-refractivity contribution is 5.80. The van der Waals surface area contributed by atoms with Gasteiger partial charge in [0, 0.05) is 35.2 Å².